The van der Waals surface area contributed by atoms with E-state index < -0.39 is 0 Å². The highest BCUT2D eigenvalue weighted by molar-refractivity contribution is 7.98. The molecule has 2 rings (SSSR count). The van der Waals surface area contributed by atoms with Gasteiger partial charge in [0.1, 0.15) is 5.01 Å². The molecule has 0 atom stereocenters. The van der Waals surface area contributed by atoms with Crippen molar-refractivity contribution in [1.82, 2.24) is 4.98 Å². The monoisotopic (exact) mass is 264 g/mol. The van der Waals surface area contributed by atoms with Crippen LogP contribution in [0.3, 0.4) is 0 Å². The Kier molecular flexibility index (Phi) is 4.20. The van der Waals surface area contributed by atoms with Crippen LogP contribution in [0.5, 0.6) is 0 Å². The van der Waals surface area contributed by atoms with E-state index in [9.17, 15) is 0 Å². The number of hydrogen-bond donors (Lipinski definition) is 1. The number of rotatable bonds is 4. The minimum Gasteiger partial charge on any atom is -0.325 e. The molecule has 2 N–H and O–H groups in total. The molecule has 4 heteroatoms. The number of aryl methyl sites for hydroxylation is 1. The summed E-state index contributed by atoms with van der Waals surface area (Å²) in [5, 5.41) is 1.03. The molecular formula is C13H16N2S2. The van der Waals surface area contributed by atoms with Gasteiger partial charge in [0.2, 0.25) is 0 Å². The molecule has 17 heavy (non-hydrogen) atoms. The number of benzene rings is 1. The fraction of sp³-hybridized carbons (Fsp3) is 0.308. The van der Waals surface area contributed by atoms with Crippen LogP contribution in [0.4, 0.5) is 0 Å². The third-order valence-electron chi connectivity index (χ3n) is 2.61. The fourth-order valence-corrected chi connectivity index (χ4v) is 3.17. The molecule has 0 amide bonds. The molecule has 0 aliphatic rings. The van der Waals surface area contributed by atoms with Gasteiger partial charge in [0, 0.05) is 22.7 Å². The van der Waals surface area contributed by atoms with Crippen molar-refractivity contribution in [2.75, 3.05) is 6.26 Å². The molecule has 2 nitrogen and oxygen atoms in total. The van der Waals surface area contributed by atoms with E-state index in [1.165, 1.54) is 15.3 Å². The van der Waals surface area contributed by atoms with Crippen LogP contribution in [-0.4, -0.2) is 11.2 Å². The summed E-state index contributed by atoms with van der Waals surface area (Å²) in [5.41, 5.74) is 8.07. The van der Waals surface area contributed by atoms with Gasteiger partial charge in [0.15, 0.2) is 0 Å². The normalized spacial score (nSPS) is 10.8. The summed E-state index contributed by atoms with van der Waals surface area (Å²) in [6, 6.07) is 8.66. The lowest BCUT2D eigenvalue weighted by Crippen LogP contribution is -1.94. The Balaban J connectivity index is 2.21. The second-order valence-electron chi connectivity index (χ2n) is 3.85. The van der Waals surface area contributed by atoms with Gasteiger partial charge in [-0.15, -0.1) is 23.1 Å². The third-order valence-corrected chi connectivity index (χ3v) is 4.52. The van der Waals surface area contributed by atoms with E-state index >= 15 is 0 Å². The predicted octanol–water partition coefficient (Wildman–Crippen LogP) is 3.22. The summed E-state index contributed by atoms with van der Waals surface area (Å²) < 4.78 is 0. The van der Waals surface area contributed by atoms with E-state index in [-0.39, 0.29) is 0 Å². The van der Waals surface area contributed by atoms with Gasteiger partial charge < -0.3 is 5.73 Å². The van der Waals surface area contributed by atoms with E-state index in [0.29, 0.717) is 6.54 Å². The van der Waals surface area contributed by atoms with Crippen molar-refractivity contribution in [2.45, 2.75) is 24.8 Å². The molecule has 1 aromatic heterocycles. The SMILES string of the molecule is CSc1cccc(Cc2sc(CN)nc2C)c1. The van der Waals surface area contributed by atoms with Crippen LogP contribution < -0.4 is 5.73 Å². The quantitative estimate of drug-likeness (QED) is 0.862. The van der Waals surface area contributed by atoms with Crippen molar-refractivity contribution in [2.24, 2.45) is 5.73 Å². The van der Waals surface area contributed by atoms with E-state index in [4.69, 9.17) is 5.73 Å². The van der Waals surface area contributed by atoms with E-state index in [0.717, 1.165) is 17.1 Å². The number of nitrogens with two attached hydrogens (primary N) is 1. The average molecular weight is 264 g/mol. The highest BCUT2D eigenvalue weighted by Crippen LogP contribution is 2.23. The van der Waals surface area contributed by atoms with Crippen molar-refractivity contribution >= 4 is 23.1 Å². The van der Waals surface area contributed by atoms with E-state index in [2.05, 4.69) is 42.4 Å². The molecule has 1 aromatic carbocycles. The molecule has 0 bridgehead atoms. The topological polar surface area (TPSA) is 38.9 Å². The zero-order valence-electron chi connectivity index (χ0n) is 10.1. The highest BCUT2D eigenvalue weighted by Gasteiger charge is 2.07. The minimum absolute atomic E-state index is 0.538. The summed E-state index contributed by atoms with van der Waals surface area (Å²) in [6.45, 7) is 2.60. The van der Waals surface area contributed by atoms with Crippen LogP contribution in [0, 0.1) is 6.92 Å². The van der Waals surface area contributed by atoms with Crippen LogP contribution in [0.25, 0.3) is 0 Å². The molecule has 90 valence electrons. The second-order valence-corrected chi connectivity index (χ2v) is 5.90. The molecule has 2 aromatic rings. The summed E-state index contributed by atoms with van der Waals surface area (Å²) in [6.07, 6.45) is 3.06. The van der Waals surface area contributed by atoms with Crippen LogP contribution in [0.2, 0.25) is 0 Å². The maximum atomic E-state index is 5.62. The molecule has 1 heterocycles. The minimum atomic E-state index is 0.538. The van der Waals surface area contributed by atoms with E-state index in [1.807, 2.05) is 0 Å². The molecule has 0 fully saturated rings. The first kappa shape index (κ1) is 12.6. The average Bonchev–Trinajstić information content (AvgIpc) is 2.70. The first-order valence-corrected chi connectivity index (χ1v) is 7.55. The lowest BCUT2D eigenvalue weighted by molar-refractivity contribution is 1.01. The number of thioether (sulfide) groups is 1. The largest absolute Gasteiger partial charge is 0.325 e. The van der Waals surface area contributed by atoms with Gasteiger partial charge in [0.25, 0.3) is 0 Å². The maximum absolute atomic E-state index is 5.62. The molecule has 0 spiro atoms. The predicted molar refractivity (Wildman–Crippen MR) is 75.8 cm³/mol. The molecule has 0 saturated carbocycles. The molecule has 0 saturated heterocycles. The molecule has 0 aliphatic heterocycles. The van der Waals surface area contributed by atoms with Crippen molar-refractivity contribution in [3.63, 3.8) is 0 Å². The van der Waals surface area contributed by atoms with Gasteiger partial charge in [-0.1, -0.05) is 12.1 Å². The van der Waals surface area contributed by atoms with Gasteiger partial charge in [-0.25, -0.2) is 4.98 Å². The Morgan fingerprint density at radius 1 is 1.41 bits per heavy atom. The summed E-state index contributed by atoms with van der Waals surface area (Å²) >= 11 is 3.50. The van der Waals surface area contributed by atoms with Gasteiger partial charge in [-0.3, -0.25) is 0 Å². The fourth-order valence-electron chi connectivity index (χ4n) is 1.71. The summed E-state index contributed by atoms with van der Waals surface area (Å²) in [5.74, 6) is 0. The van der Waals surface area contributed by atoms with Crippen molar-refractivity contribution in [3.05, 3.63) is 45.4 Å². The number of aromatic nitrogens is 1. The van der Waals surface area contributed by atoms with Crippen molar-refractivity contribution in [1.29, 1.82) is 0 Å². The van der Waals surface area contributed by atoms with Crippen molar-refractivity contribution in [3.8, 4) is 0 Å². The second kappa shape index (κ2) is 5.67. The smallest absolute Gasteiger partial charge is 0.107 e. The number of nitrogens with zero attached hydrogens (tertiary/aromatic N) is 1. The highest BCUT2D eigenvalue weighted by atomic mass is 32.2. The molecule has 0 unspecified atom stereocenters. The molecular weight excluding hydrogens is 248 g/mol. The summed E-state index contributed by atoms with van der Waals surface area (Å²) in [4.78, 5) is 7.09. The van der Waals surface area contributed by atoms with E-state index in [1.54, 1.807) is 23.1 Å². The van der Waals surface area contributed by atoms with Gasteiger partial charge >= 0.3 is 0 Å². The van der Waals surface area contributed by atoms with Crippen LogP contribution >= 0.6 is 23.1 Å². The first-order chi connectivity index (χ1) is 8.22. The molecule has 0 radical (unpaired) electrons. The Morgan fingerprint density at radius 2 is 2.24 bits per heavy atom. The van der Waals surface area contributed by atoms with Gasteiger partial charge in [0.05, 0.1) is 5.69 Å². The Bertz CT molecular complexity index is 506. The van der Waals surface area contributed by atoms with Gasteiger partial charge in [-0.2, -0.15) is 0 Å². The standard InChI is InChI=1S/C13H16N2S2/c1-9-12(17-13(8-14)15-9)7-10-4-3-5-11(6-10)16-2/h3-6H,7-8,14H2,1-2H3. The summed E-state index contributed by atoms with van der Waals surface area (Å²) in [7, 11) is 0. The Labute approximate surface area is 110 Å². The lowest BCUT2D eigenvalue weighted by atomic mass is 10.1. The Hall–Kier alpha value is -0.840. The third kappa shape index (κ3) is 3.09. The lowest BCUT2D eigenvalue weighted by Gasteiger charge is -2.02. The maximum Gasteiger partial charge on any atom is 0.107 e. The van der Waals surface area contributed by atoms with Crippen LogP contribution in [0.15, 0.2) is 29.2 Å². The van der Waals surface area contributed by atoms with Crippen LogP contribution in [-0.2, 0) is 13.0 Å². The van der Waals surface area contributed by atoms with Gasteiger partial charge in [-0.05, 0) is 30.9 Å². The number of thiazole rings is 1. The van der Waals surface area contributed by atoms with Crippen LogP contribution in [0.1, 0.15) is 21.1 Å². The molecule has 0 aliphatic carbocycles. The Morgan fingerprint density at radius 3 is 2.88 bits per heavy atom. The number of hydrogen-bond acceptors (Lipinski definition) is 4. The zero-order valence-corrected chi connectivity index (χ0v) is 11.7. The first-order valence-electron chi connectivity index (χ1n) is 5.51. The van der Waals surface area contributed by atoms with Crippen molar-refractivity contribution < 1.29 is 0 Å². The zero-order chi connectivity index (χ0) is 12.3.